The summed E-state index contributed by atoms with van der Waals surface area (Å²) in [6.45, 7) is 9.55. The first-order valence-corrected chi connectivity index (χ1v) is 9.67. The van der Waals surface area contributed by atoms with Gasteiger partial charge < -0.3 is 24.6 Å². The molecule has 1 fully saturated rings. The minimum absolute atomic E-state index is 0.219. The van der Waals surface area contributed by atoms with Crippen molar-refractivity contribution in [3.8, 4) is 11.5 Å². The average Bonchev–Trinajstić information content (AvgIpc) is 2.74. The lowest BCUT2D eigenvalue weighted by molar-refractivity contribution is 0.102. The average molecular weight is 383 g/mol. The molecule has 0 radical (unpaired) electrons. The lowest BCUT2D eigenvalue weighted by Crippen LogP contribution is -2.46. The topological polar surface area (TPSA) is 54.0 Å². The van der Waals surface area contributed by atoms with Gasteiger partial charge in [0.2, 0.25) is 0 Å². The molecule has 6 heteroatoms. The summed E-state index contributed by atoms with van der Waals surface area (Å²) in [4.78, 5) is 17.7. The number of nitrogens with zero attached hydrogens (tertiary/aromatic N) is 2. The Balaban J connectivity index is 1.74. The Labute approximate surface area is 167 Å². The predicted octanol–water partition coefficient (Wildman–Crippen LogP) is 3.41. The Kier molecular flexibility index (Phi) is 6.41. The van der Waals surface area contributed by atoms with Crippen LogP contribution < -0.4 is 19.7 Å². The second-order valence-electron chi connectivity index (χ2n) is 6.94. The number of aryl methyl sites for hydroxylation is 1. The third-order valence-electron chi connectivity index (χ3n) is 5.29. The number of amides is 1. The number of rotatable bonds is 6. The number of benzene rings is 2. The van der Waals surface area contributed by atoms with Crippen molar-refractivity contribution < 1.29 is 14.3 Å². The maximum absolute atomic E-state index is 12.8. The lowest BCUT2D eigenvalue weighted by atomic mass is 10.1. The number of carbonyl (C=O) groups is 1. The van der Waals surface area contributed by atoms with Gasteiger partial charge in [-0.25, -0.2) is 0 Å². The molecule has 0 atom stereocenters. The van der Waals surface area contributed by atoms with E-state index in [-0.39, 0.29) is 5.91 Å². The van der Waals surface area contributed by atoms with Gasteiger partial charge in [0, 0.05) is 37.6 Å². The molecule has 2 aromatic carbocycles. The van der Waals surface area contributed by atoms with E-state index in [2.05, 4.69) is 34.2 Å². The molecule has 0 saturated carbocycles. The van der Waals surface area contributed by atoms with Crippen LogP contribution >= 0.6 is 0 Å². The van der Waals surface area contributed by atoms with E-state index in [9.17, 15) is 4.79 Å². The minimum atomic E-state index is -0.219. The van der Waals surface area contributed by atoms with Crippen molar-refractivity contribution in [3.63, 3.8) is 0 Å². The smallest absolute Gasteiger partial charge is 0.259 e. The Hall–Kier alpha value is -2.73. The van der Waals surface area contributed by atoms with Crippen LogP contribution in [0.1, 0.15) is 22.8 Å². The van der Waals surface area contributed by atoms with Crippen molar-refractivity contribution >= 4 is 17.3 Å². The minimum Gasteiger partial charge on any atom is -0.497 e. The predicted molar refractivity (Wildman–Crippen MR) is 113 cm³/mol. The Bertz CT molecular complexity index is 830. The van der Waals surface area contributed by atoms with Gasteiger partial charge in [0.1, 0.15) is 11.5 Å². The zero-order valence-electron chi connectivity index (χ0n) is 17.1. The quantitative estimate of drug-likeness (QED) is 0.829. The zero-order chi connectivity index (χ0) is 20.1. The molecular formula is C22H29N3O3. The summed E-state index contributed by atoms with van der Waals surface area (Å²) in [5.74, 6) is 0.911. The first-order valence-electron chi connectivity index (χ1n) is 9.67. The number of piperazine rings is 1. The molecule has 1 aliphatic heterocycles. The molecule has 0 aromatic heterocycles. The van der Waals surface area contributed by atoms with E-state index in [4.69, 9.17) is 9.47 Å². The molecule has 0 spiro atoms. The zero-order valence-corrected chi connectivity index (χ0v) is 17.1. The third kappa shape index (κ3) is 4.39. The van der Waals surface area contributed by atoms with Gasteiger partial charge in [0.15, 0.2) is 0 Å². The molecule has 1 aliphatic rings. The molecule has 2 aromatic rings. The number of hydrogen-bond donors (Lipinski definition) is 1. The number of hydrogen-bond acceptors (Lipinski definition) is 5. The van der Waals surface area contributed by atoms with Gasteiger partial charge in [0.05, 0.1) is 19.8 Å². The van der Waals surface area contributed by atoms with Crippen molar-refractivity contribution in [3.05, 3.63) is 47.5 Å². The molecule has 0 bridgehead atoms. The normalized spacial score (nSPS) is 14.6. The van der Waals surface area contributed by atoms with Crippen LogP contribution in [0.15, 0.2) is 36.4 Å². The van der Waals surface area contributed by atoms with E-state index < -0.39 is 0 Å². The van der Waals surface area contributed by atoms with Crippen LogP contribution in [-0.2, 0) is 0 Å². The van der Waals surface area contributed by atoms with E-state index in [1.54, 1.807) is 32.4 Å². The number of nitrogens with one attached hydrogen (secondary N) is 1. The van der Waals surface area contributed by atoms with Gasteiger partial charge in [-0.3, -0.25) is 4.79 Å². The highest BCUT2D eigenvalue weighted by molar-refractivity contribution is 6.06. The standard InChI is InChI=1S/C22H29N3O3/c1-5-24-10-12-25(13-11-24)17-6-8-20(16(2)14-17)23-22(26)19-15-18(27-3)7-9-21(19)28-4/h6-9,14-15H,5,10-13H2,1-4H3,(H,23,26). The maximum atomic E-state index is 12.8. The summed E-state index contributed by atoms with van der Waals surface area (Å²) in [5, 5.41) is 3.00. The summed E-state index contributed by atoms with van der Waals surface area (Å²) >= 11 is 0. The van der Waals surface area contributed by atoms with Gasteiger partial charge >= 0.3 is 0 Å². The number of methoxy groups -OCH3 is 2. The summed E-state index contributed by atoms with van der Waals surface area (Å²) in [7, 11) is 3.13. The molecule has 1 N–H and O–H groups in total. The molecule has 1 amide bonds. The maximum Gasteiger partial charge on any atom is 0.259 e. The molecule has 1 saturated heterocycles. The van der Waals surface area contributed by atoms with Crippen LogP contribution in [-0.4, -0.2) is 57.8 Å². The Morgan fingerprint density at radius 2 is 1.79 bits per heavy atom. The van der Waals surface area contributed by atoms with Crippen molar-refractivity contribution in [2.24, 2.45) is 0 Å². The number of carbonyl (C=O) groups excluding carboxylic acids is 1. The fourth-order valence-electron chi connectivity index (χ4n) is 3.49. The SMILES string of the molecule is CCN1CCN(c2ccc(NC(=O)c3cc(OC)ccc3OC)c(C)c2)CC1. The second-order valence-corrected chi connectivity index (χ2v) is 6.94. The highest BCUT2D eigenvalue weighted by atomic mass is 16.5. The molecule has 0 aliphatic carbocycles. The summed E-state index contributed by atoms with van der Waals surface area (Å²) in [6.07, 6.45) is 0. The van der Waals surface area contributed by atoms with Crippen LogP contribution in [0.2, 0.25) is 0 Å². The Morgan fingerprint density at radius 3 is 2.39 bits per heavy atom. The van der Waals surface area contributed by atoms with Crippen LogP contribution in [0.25, 0.3) is 0 Å². The number of ether oxygens (including phenoxy) is 2. The summed E-state index contributed by atoms with van der Waals surface area (Å²) in [6, 6.07) is 11.4. The monoisotopic (exact) mass is 383 g/mol. The van der Waals surface area contributed by atoms with Gasteiger partial charge in [-0.2, -0.15) is 0 Å². The fourth-order valence-corrected chi connectivity index (χ4v) is 3.49. The molecule has 6 nitrogen and oxygen atoms in total. The molecule has 150 valence electrons. The first kappa shape index (κ1) is 20.0. The van der Waals surface area contributed by atoms with Crippen LogP contribution in [0, 0.1) is 6.92 Å². The fraction of sp³-hybridized carbons (Fsp3) is 0.409. The first-order chi connectivity index (χ1) is 13.5. The van der Waals surface area contributed by atoms with Crippen LogP contribution in [0.4, 0.5) is 11.4 Å². The van der Waals surface area contributed by atoms with E-state index in [1.165, 1.54) is 5.69 Å². The highest BCUT2D eigenvalue weighted by Crippen LogP contribution is 2.27. The van der Waals surface area contributed by atoms with Crippen LogP contribution in [0.3, 0.4) is 0 Å². The van der Waals surface area contributed by atoms with Gasteiger partial charge in [-0.15, -0.1) is 0 Å². The van der Waals surface area contributed by atoms with Gasteiger partial charge in [-0.05, 0) is 55.4 Å². The largest absolute Gasteiger partial charge is 0.497 e. The van der Waals surface area contributed by atoms with Crippen molar-refractivity contribution in [1.29, 1.82) is 0 Å². The second kappa shape index (κ2) is 8.97. The summed E-state index contributed by atoms with van der Waals surface area (Å²) < 4.78 is 10.6. The number of likely N-dealkylation sites (N-methyl/N-ethyl adjacent to an activating group) is 1. The molecule has 3 rings (SSSR count). The molecule has 0 unspecified atom stereocenters. The molecular weight excluding hydrogens is 354 g/mol. The molecule has 28 heavy (non-hydrogen) atoms. The number of anilines is 2. The molecule has 1 heterocycles. The summed E-state index contributed by atoms with van der Waals surface area (Å²) in [5.41, 5.74) is 3.47. The van der Waals surface area contributed by atoms with Crippen molar-refractivity contribution in [2.75, 3.05) is 57.2 Å². The van der Waals surface area contributed by atoms with E-state index >= 15 is 0 Å². The highest BCUT2D eigenvalue weighted by Gasteiger charge is 2.18. The van der Waals surface area contributed by atoms with E-state index in [0.717, 1.165) is 44.0 Å². The lowest BCUT2D eigenvalue weighted by Gasteiger charge is -2.35. The van der Waals surface area contributed by atoms with Crippen molar-refractivity contribution in [2.45, 2.75) is 13.8 Å². The van der Waals surface area contributed by atoms with E-state index in [0.29, 0.717) is 17.1 Å². The van der Waals surface area contributed by atoms with Gasteiger partial charge in [-0.1, -0.05) is 6.92 Å². The van der Waals surface area contributed by atoms with Crippen molar-refractivity contribution in [1.82, 2.24) is 4.90 Å². The third-order valence-corrected chi connectivity index (χ3v) is 5.29. The Morgan fingerprint density at radius 1 is 1.04 bits per heavy atom. The van der Waals surface area contributed by atoms with Gasteiger partial charge in [0.25, 0.3) is 5.91 Å². The van der Waals surface area contributed by atoms with E-state index in [1.807, 2.05) is 13.0 Å². The van der Waals surface area contributed by atoms with Crippen LogP contribution in [0.5, 0.6) is 11.5 Å².